The van der Waals surface area contributed by atoms with Gasteiger partial charge in [-0.05, 0) is 88.1 Å². The van der Waals surface area contributed by atoms with Crippen LogP contribution >= 0.6 is 11.6 Å². The highest BCUT2D eigenvalue weighted by molar-refractivity contribution is 6.30. The minimum absolute atomic E-state index is 0.0330. The van der Waals surface area contributed by atoms with Crippen LogP contribution in [0.5, 0.6) is 0 Å². The van der Waals surface area contributed by atoms with Crippen LogP contribution in [-0.2, 0) is 4.79 Å². The summed E-state index contributed by atoms with van der Waals surface area (Å²) in [5.41, 5.74) is 6.79. The van der Waals surface area contributed by atoms with Crippen LogP contribution in [0.25, 0.3) is 16.6 Å². The van der Waals surface area contributed by atoms with E-state index in [0.29, 0.717) is 5.02 Å². The summed E-state index contributed by atoms with van der Waals surface area (Å²) < 4.78 is 1.92. The number of hydrogen-bond donors (Lipinski definition) is 1. The maximum atomic E-state index is 12.9. The van der Waals surface area contributed by atoms with Crippen molar-refractivity contribution >= 4 is 39.9 Å². The van der Waals surface area contributed by atoms with Crippen LogP contribution in [0.2, 0.25) is 5.02 Å². The van der Waals surface area contributed by atoms with Gasteiger partial charge < -0.3 is 10.2 Å². The lowest BCUT2D eigenvalue weighted by molar-refractivity contribution is -0.120. The van der Waals surface area contributed by atoms with Crippen LogP contribution in [0, 0.1) is 33.6 Å². The van der Waals surface area contributed by atoms with Crippen molar-refractivity contribution in [2.45, 2.75) is 40.5 Å². The van der Waals surface area contributed by atoms with Gasteiger partial charge in [0.15, 0.2) is 5.82 Å². The Morgan fingerprint density at radius 2 is 1.63 bits per heavy atom. The van der Waals surface area contributed by atoms with E-state index in [-0.39, 0.29) is 11.8 Å². The van der Waals surface area contributed by atoms with Crippen molar-refractivity contribution in [2.75, 3.05) is 23.3 Å². The second-order valence-corrected chi connectivity index (χ2v) is 9.87. The van der Waals surface area contributed by atoms with E-state index < -0.39 is 0 Å². The molecule has 1 amide bonds. The zero-order valence-electron chi connectivity index (χ0n) is 20.5. The summed E-state index contributed by atoms with van der Waals surface area (Å²) in [6, 6.07) is 13.8. The lowest BCUT2D eigenvalue weighted by Crippen LogP contribution is -2.38. The molecule has 2 aromatic carbocycles. The van der Waals surface area contributed by atoms with Gasteiger partial charge in [-0.25, -0.2) is 4.68 Å². The smallest absolute Gasteiger partial charge is 0.227 e. The number of amides is 1. The Kier molecular flexibility index (Phi) is 6.19. The quantitative estimate of drug-likeness (QED) is 0.407. The molecule has 2 aromatic heterocycles. The van der Waals surface area contributed by atoms with E-state index >= 15 is 0 Å². The molecule has 7 nitrogen and oxygen atoms in total. The summed E-state index contributed by atoms with van der Waals surface area (Å²) in [5, 5.41) is 18.7. The molecule has 0 spiro atoms. The van der Waals surface area contributed by atoms with E-state index in [0.717, 1.165) is 76.5 Å². The van der Waals surface area contributed by atoms with Crippen molar-refractivity contribution in [2.24, 2.45) is 5.92 Å². The number of hydrogen-bond acceptors (Lipinski definition) is 5. The summed E-state index contributed by atoms with van der Waals surface area (Å²) in [7, 11) is 0. The maximum Gasteiger partial charge on any atom is 0.227 e. The number of aromatic nitrogens is 4. The minimum Gasteiger partial charge on any atom is -0.353 e. The first-order valence-electron chi connectivity index (χ1n) is 11.9. The van der Waals surface area contributed by atoms with Gasteiger partial charge >= 0.3 is 0 Å². The third-order valence-electron chi connectivity index (χ3n) is 6.71. The van der Waals surface area contributed by atoms with Crippen molar-refractivity contribution in [1.82, 2.24) is 20.0 Å². The van der Waals surface area contributed by atoms with E-state index in [1.165, 1.54) is 0 Å². The van der Waals surface area contributed by atoms with Gasteiger partial charge in [0, 0.05) is 29.7 Å². The Bertz CT molecular complexity index is 1380. The molecule has 0 aliphatic carbocycles. The van der Waals surface area contributed by atoms with Crippen molar-refractivity contribution in [1.29, 1.82) is 0 Å². The standard InChI is InChI=1S/C27H29ClN6O/c1-16-13-17(2)15-22(14-16)29-27(35)20-9-11-33(12-10-20)26-25-24(18(3)30-31-26)19(4)34(32-25)23-7-5-21(28)6-8-23/h5-8,13-15,20H,9-12H2,1-4H3,(H,29,35). The molecule has 0 radical (unpaired) electrons. The predicted octanol–water partition coefficient (Wildman–Crippen LogP) is 5.56. The molecule has 3 heterocycles. The van der Waals surface area contributed by atoms with E-state index in [1.54, 1.807) is 0 Å². The normalized spacial score (nSPS) is 14.5. The molecule has 1 aliphatic heterocycles. The van der Waals surface area contributed by atoms with E-state index in [2.05, 4.69) is 26.5 Å². The van der Waals surface area contributed by atoms with Crippen molar-refractivity contribution in [3.05, 3.63) is 70.0 Å². The van der Waals surface area contributed by atoms with E-state index in [4.69, 9.17) is 16.7 Å². The number of rotatable bonds is 4. The molecule has 4 aromatic rings. The van der Waals surface area contributed by atoms with Gasteiger partial charge in [0.1, 0.15) is 5.52 Å². The first-order valence-corrected chi connectivity index (χ1v) is 12.3. The molecular formula is C27H29ClN6O. The van der Waals surface area contributed by atoms with Gasteiger partial charge in [0.2, 0.25) is 5.91 Å². The fraction of sp³-hybridized carbons (Fsp3) is 0.333. The van der Waals surface area contributed by atoms with Crippen molar-refractivity contribution in [3.63, 3.8) is 0 Å². The van der Waals surface area contributed by atoms with Crippen LogP contribution in [0.15, 0.2) is 42.5 Å². The Morgan fingerprint density at radius 1 is 0.971 bits per heavy atom. The summed E-state index contributed by atoms with van der Waals surface area (Å²) in [6.45, 7) is 9.55. The van der Waals surface area contributed by atoms with Gasteiger partial charge in [-0.2, -0.15) is 10.2 Å². The van der Waals surface area contributed by atoms with Gasteiger partial charge in [0.05, 0.1) is 22.5 Å². The van der Waals surface area contributed by atoms with Crippen LogP contribution in [-0.4, -0.2) is 39.0 Å². The third kappa shape index (κ3) is 4.60. The third-order valence-corrected chi connectivity index (χ3v) is 6.96. The topological polar surface area (TPSA) is 75.9 Å². The second-order valence-electron chi connectivity index (χ2n) is 9.43. The van der Waals surface area contributed by atoms with Crippen LogP contribution in [0.3, 0.4) is 0 Å². The molecule has 5 rings (SSSR count). The SMILES string of the molecule is Cc1cc(C)cc(NC(=O)C2CCN(c3nnc(C)c4c(C)n(-c5ccc(Cl)cc5)nc34)CC2)c1. The van der Waals surface area contributed by atoms with Crippen LogP contribution in [0.4, 0.5) is 11.5 Å². The average Bonchev–Trinajstić information content (AvgIpc) is 3.17. The van der Waals surface area contributed by atoms with Gasteiger partial charge in [-0.1, -0.05) is 17.7 Å². The summed E-state index contributed by atoms with van der Waals surface area (Å²) in [5.74, 6) is 0.821. The van der Waals surface area contributed by atoms with Crippen molar-refractivity contribution in [3.8, 4) is 5.69 Å². The lowest BCUT2D eigenvalue weighted by Gasteiger charge is -2.32. The van der Waals surface area contributed by atoms with Crippen LogP contribution in [0.1, 0.15) is 35.4 Å². The summed E-state index contributed by atoms with van der Waals surface area (Å²) >= 11 is 6.08. The van der Waals surface area contributed by atoms with Gasteiger partial charge in [0.25, 0.3) is 0 Å². The number of nitrogens with one attached hydrogen (secondary N) is 1. The number of piperidine rings is 1. The van der Waals surface area contributed by atoms with E-state index in [9.17, 15) is 4.79 Å². The molecule has 180 valence electrons. The number of benzene rings is 2. The Balaban J connectivity index is 1.36. The van der Waals surface area contributed by atoms with Crippen molar-refractivity contribution < 1.29 is 4.79 Å². The molecule has 0 saturated carbocycles. The minimum atomic E-state index is -0.0330. The monoisotopic (exact) mass is 488 g/mol. The molecule has 0 atom stereocenters. The number of carbonyl (C=O) groups excluding carboxylic acids is 1. The summed E-state index contributed by atoms with van der Waals surface area (Å²) in [6.07, 6.45) is 1.51. The molecule has 1 aliphatic rings. The number of nitrogens with zero attached hydrogens (tertiary/aromatic N) is 5. The molecule has 35 heavy (non-hydrogen) atoms. The Morgan fingerprint density at radius 3 is 2.29 bits per heavy atom. The lowest BCUT2D eigenvalue weighted by atomic mass is 9.95. The highest BCUT2D eigenvalue weighted by Gasteiger charge is 2.28. The fourth-order valence-electron chi connectivity index (χ4n) is 5.00. The molecule has 0 bridgehead atoms. The number of carbonyl (C=O) groups is 1. The first-order chi connectivity index (χ1) is 16.8. The molecule has 1 N–H and O–H groups in total. The first kappa shape index (κ1) is 23.3. The second kappa shape index (κ2) is 9.30. The molecule has 8 heteroatoms. The van der Waals surface area contributed by atoms with Gasteiger partial charge in [-0.15, -0.1) is 5.10 Å². The van der Waals surface area contributed by atoms with E-state index in [1.807, 2.05) is 68.8 Å². The van der Waals surface area contributed by atoms with Gasteiger partial charge in [-0.3, -0.25) is 4.79 Å². The molecular weight excluding hydrogens is 460 g/mol. The predicted molar refractivity (Wildman–Crippen MR) is 141 cm³/mol. The highest BCUT2D eigenvalue weighted by Crippen LogP contribution is 2.32. The number of anilines is 2. The zero-order valence-corrected chi connectivity index (χ0v) is 21.2. The van der Waals surface area contributed by atoms with Crippen LogP contribution < -0.4 is 10.2 Å². The Labute approximate surface area is 210 Å². The Hall–Kier alpha value is -3.45. The number of fused-ring (bicyclic) bond motifs is 1. The number of aryl methyl sites for hydroxylation is 4. The molecule has 0 unspecified atom stereocenters. The average molecular weight is 489 g/mol. The fourth-order valence-corrected chi connectivity index (χ4v) is 5.13. The molecule has 1 fully saturated rings. The number of halogens is 1. The largest absolute Gasteiger partial charge is 0.353 e. The highest BCUT2D eigenvalue weighted by atomic mass is 35.5. The maximum absolute atomic E-state index is 12.9. The summed E-state index contributed by atoms with van der Waals surface area (Å²) in [4.78, 5) is 15.1. The molecule has 1 saturated heterocycles. The zero-order chi connectivity index (χ0) is 24.7.